The van der Waals surface area contributed by atoms with Gasteiger partial charge in [-0.25, -0.2) is 0 Å². The first kappa shape index (κ1) is 14.8. The average Bonchev–Trinajstić information content (AvgIpc) is 2.31. The van der Waals surface area contributed by atoms with Gasteiger partial charge in [-0.1, -0.05) is 11.6 Å². The highest BCUT2D eigenvalue weighted by atomic mass is 35.5. The van der Waals surface area contributed by atoms with Gasteiger partial charge in [0.05, 0.1) is 6.61 Å². The van der Waals surface area contributed by atoms with Gasteiger partial charge in [-0.05, 0) is 37.6 Å². The van der Waals surface area contributed by atoms with Crippen molar-refractivity contribution in [3.8, 4) is 5.75 Å². The summed E-state index contributed by atoms with van der Waals surface area (Å²) in [5, 5.41) is 3.44. The summed E-state index contributed by atoms with van der Waals surface area (Å²) >= 11 is 5.90. The summed E-state index contributed by atoms with van der Waals surface area (Å²) in [4.78, 5) is 11.5. The van der Waals surface area contributed by atoms with Gasteiger partial charge < -0.3 is 14.8 Å². The lowest BCUT2D eigenvalue weighted by Gasteiger charge is -2.13. The molecule has 1 rings (SSSR count). The summed E-state index contributed by atoms with van der Waals surface area (Å²) in [6, 6.07) is 5.26. The van der Waals surface area contributed by atoms with E-state index in [1.807, 2.05) is 13.8 Å². The number of carbonyl (C=O) groups excluding carboxylic acids is 1. The highest BCUT2D eigenvalue weighted by molar-refractivity contribution is 6.31. The third-order valence-electron chi connectivity index (χ3n) is 2.32. The minimum atomic E-state index is -0.174. The zero-order valence-corrected chi connectivity index (χ0v) is 11.6. The van der Waals surface area contributed by atoms with Crippen LogP contribution in [0, 0.1) is 6.92 Å². The fourth-order valence-electron chi connectivity index (χ4n) is 1.46. The molecule has 0 aliphatic carbocycles. The van der Waals surface area contributed by atoms with Crippen LogP contribution in [0.4, 0.5) is 0 Å². The maximum absolute atomic E-state index is 11.5. The Balaban J connectivity index is 2.40. The number of rotatable bonds is 6. The molecule has 0 unspecified atom stereocenters. The lowest BCUT2D eigenvalue weighted by molar-refractivity contribution is -0.124. The second kappa shape index (κ2) is 7.24. The molecular weight excluding hydrogens is 254 g/mol. The van der Waals surface area contributed by atoms with Gasteiger partial charge in [0.25, 0.3) is 5.91 Å². The highest BCUT2D eigenvalue weighted by Gasteiger charge is 2.08. The van der Waals surface area contributed by atoms with Crippen molar-refractivity contribution in [1.29, 1.82) is 0 Å². The molecule has 0 radical (unpaired) electrons. The standard InChI is InChI=1S/C13H18ClNO3/c1-9-6-11(4-5-12(9)14)18-8-13(16)15-10(2)7-17-3/h4-6,10H,7-8H2,1-3H3,(H,15,16)/t10-/m0/s1. The summed E-state index contributed by atoms with van der Waals surface area (Å²) in [6.45, 7) is 4.21. The molecule has 0 bridgehead atoms. The summed E-state index contributed by atoms with van der Waals surface area (Å²) in [6.07, 6.45) is 0. The van der Waals surface area contributed by atoms with Crippen molar-refractivity contribution < 1.29 is 14.3 Å². The predicted molar refractivity (Wildman–Crippen MR) is 71.2 cm³/mol. The Hall–Kier alpha value is -1.26. The monoisotopic (exact) mass is 271 g/mol. The molecule has 1 atom stereocenters. The first-order chi connectivity index (χ1) is 8.52. The summed E-state index contributed by atoms with van der Waals surface area (Å²) < 4.78 is 10.3. The molecule has 5 heteroatoms. The van der Waals surface area contributed by atoms with Crippen LogP contribution in [0.5, 0.6) is 5.75 Å². The van der Waals surface area contributed by atoms with E-state index in [9.17, 15) is 4.79 Å². The van der Waals surface area contributed by atoms with Crippen molar-refractivity contribution in [2.75, 3.05) is 20.3 Å². The molecule has 0 spiro atoms. The van der Waals surface area contributed by atoms with E-state index < -0.39 is 0 Å². The van der Waals surface area contributed by atoms with Crippen molar-refractivity contribution >= 4 is 17.5 Å². The van der Waals surface area contributed by atoms with E-state index in [0.717, 1.165) is 5.56 Å². The van der Waals surface area contributed by atoms with E-state index in [2.05, 4.69) is 5.32 Å². The molecule has 0 saturated carbocycles. The van der Waals surface area contributed by atoms with Gasteiger partial charge in [0, 0.05) is 18.2 Å². The normalized spacial score (nSPS) is 12.0. The number of ether oxygens (including phenoxy) is 2. The van der Waals surface area contributed by atoms with Crippen molar-refractivity contribution in [2.24, 2.45) is 0 Å². The second-order valence-corrected chi connectivity index (χ2v) is 4.53. The van der Waals surface area contributed by atoms with Crippen molar-refractivity contribution in [1.82, 2.24) is 5.32 Å². The van der Waals surface area contributed by atoms with Crippen LogP contribution < -0.4 is 10.1 Å². The molecule has 1 N–H and O–H groups in total. The first-order valence-electron chi connectivity index (χ1n) is 5.70. The molecule has 0 aliphatic rings. The van der Waals surface area contributed by atoms with Crippen LogP contribution in [0.15, 0.2) is 18.2 Å². The zero-order chi connectivity index (χ0) is 13.5. The van der Waals surface area contributed by atoms with Crippen LogP contribution in [0.25, 0.3) is 0 Å². The summed E-state index contributed by atoms with van der Waals surface area (Å²) in [5.41, 5.74) is 0.919. The van der Waals surface area contributed by atoms with Crippen molar-refractivity contribution in [3.63, 3.8) is 0 Å². The van der Waals surface area contributed by atoms with Crippen LogP contribution in [-0.4, -0.2) is 32.3 Å². The van der Waals surface area contributed by atoms with Crippen LogP contribution in [-0.2, 0) is 9.53 Å². The third kappa shape index (κ3) is 4.94. The largest absolute Gasteiger partial charge is 0.484 e. The number of hydrogen-bond donors (Lipinski definition) is 1. The molecule has 100 valence electrons. The Morgan fingerprint density at radius 3 is 2.83 bits per heavy atom. The number of benzene rings is 1. The van der Waals surface area contributed by atoms with E-state index in [4.69, 9.17) is 21.1 Å². The fraction of sp³-hybridized carbons (Fsp3) is 0.462. The van der Waals surface area contributed by atoms with Gasteiger partial charge in [-0.2, -0.15) is 0 Å². The summed E-state index contributed by atoms with van der Waals surface area (Å²) in [7, 11) is 1.59. The quantitative estimate of drug-likeness (QED) is 0.863. The van der Waals surface area contributed by atoms with Crippen LogP contribution >= 0.6 is 11.6 Å². The SMILES string of the molecule is COC[C@H](C)NC(=O)COc1ccc(Cl)c(C)c1. The van der Waals surface area contributed by atoms with Gasteiger partial charge in [0.2, 0.25) is 0 Å². The predicted octanol–water partition coefficient (Wildman–Crippen LogP) is 2.18. The fourth-order valence-corrected chi connectivity index (χ4v) is 1.58. The van der Waals surface area contributed by atoms with Gasteiger partial charge in [0.15, 0.2) is 6.61 Å². The number of hydrogen-bond acceptors (Lipinski definition) is 3. The third-order valence-corrected chi connectivity index (χ3v) is 2.75. The number of carbonyl (C=O) groups is 1. The van der Waals surface area contributed by atoms with Crippen molar-refractivity contribution in [2.45, 2.75) is 19.9 Å². The van der Waals surface area contributed by atoms with Gasteiger partial charge >= 0.3 is 0 Å². The number of amides is 1. The molecule has 0 aliphatic heterocycles. The number of halogens is 1. The maximum Gasteiger partial charge on any atom is 0.258 e. The molecule has 18 heavy (non-hydrogen) atoms. The van der Waals surface area contributed by atoms with E-state index in [0.29, 0.717) is 17.4 Å². The smallest absolute Gasteiger partial charge is 0.258 e. The summed E-state index contributed by atoms with van der Waals surface area (Å²) in [5.74, 6) is 0.457. The minimum Gasteiger partial charge on any atom is -0.484 e. The van der Waals surface area contributed by atoms with Crippen LogP contribution in [0.2, 0.25) is 5.02 Å². The number of methoxy groups -OCH3 is 1. The molecule has 1 aromatic rings. The Morgan fingerprint density at radius 2 is 2.22 bits per heavy atom. The van der Waals surface area contributed by atoms with E-state index in [-0.39, 0.29) is 18.6 Å². The highest BCUT2D eigenvalue weighted by Crippen LogP contribution is 2.20. The van der Waals surface area contributed by atoms with Gasteiger partial charge in [0.1, 0.15) is 5.75 Å². The molecule has 0 aromatic heterocycles. The second-order valence-electron chi connectivity index (χ2n) is 4.12. The molecule has 4 nitrogen and oxygen atoms in total. The zero-order valence-electron chi connectivity index (χ0n) is 10.8. The van der Waals surface area contributed by atoms with Gasteiger partial charge in [-0.3, -0.25) is 4.79 Å². The number of aryl methyl sites for hydroxylation is 1. The maximum atomic E-state index is 11.5. The Morgan fingerprint density at radius 1 is 1.50 bits per heavy atom. The Bertz CT molecular complexity index is 409. The van der Waals surface area contributed by atoms with Crippen molar-refractivity contribution in [3.05, 3.63) is 28.8 Å². The average molecular weight is 272 g/mol. The van der Waals surface area contributed by atoms with E-state index >= 15 is 0 Å². The van der Waals surface area contributed by atoms with Crippen LogP contribution in [0.1, 0.15) is 12.5 Å². The first-order valence-corrected chi connectivity index (χ1v) is 6.08. The minimum absolute atomic E-state index is 0.0187. The molecule has 0 saturated heterocycles. The lowest BCUT2D eigenvalue weighted by atomic mass is 10.2. The Kier molecular flexibility index (Phi) is 5.95. The molecule has 1 aromatic carbocycles. The topological polar surface area (TPSA) is 47.6 Å². The molecular formula is C13H18ClNO3. The van der Waals surface area contributed by atoms with E-state index in [1.165, 1.54) is 0 Å². The van der Waals surface area contributed by atoms with Crippen LogP contribution in [0.3, 0.4) is 0 Å². The molecule has 1 amide bonds. The van der Waals surface area contributed by atoms with Gasteiger partial charge in [-0.15, -0.1) is 0 Å². The molecule has 0 heterocycles. The number of nitrogens with one attached hydrogen (secondary N) is 1. The molecule has 0 fully saturated rings. The lowest BCUT2D eigenvalue weighted by Crippen LogP contribution is -2.38. The Labute approximate surface area is 112 Å². The van der Waals surface area contributed by atoms with E-state index in [1.54, 1.807) is 25.3 Å².